The number of hydrogen-bond donors (Lipinski definition) is 1. The lowest BCUT2D eigenvalue weighted by Crippen LogP contribution is -2.34. The van der Waals surface area contributed by atoms with Crippen LogP contribution in [0, 0.1) is 0 Å². The first-order valence-corrected chi connectivity index (χ1v) is 7.93. The first kappa shape index (κ1) is 15.5. The highest BCUT2D eigenvalue weighted by Gasteiger charge is 2.14. The Kier molecular flexibility index (Phi) is 4.29. The number of benzene rings is 1. The number of rotatable bonds is 4. The van der Waals surface area contributed by atoms with Crippen molar-refractivity contribution in [3.63, 3.8) is 0 Å². The van der Waals surface area contributed by atoms with E-state index in [0.717, 1.165) is 14.7 Å². The van der Waals surface area contributed by atoms with Crippen LogP contribution in [0.1, 0.15) is 18.5 Å². The molecule has 3 rings (SSSR count). The molecule has 2 aromatic heterocycles. The van der Waals surface area contributed by atoms with E-state index in [-0.39, 0.29) is 24.2 Å². The van der Waals surface area contributed by atoms with Crippen molar-refractivity contribution in [1.29, 1.82) is 0 Å². The summed E-state index contributed by atoms with van der Waals surface area (Å²) in [4.78, 5) is 24.4. The third-order valence-electron chi connectivity index (χ3n) is 3.53. The maximum atomic E-state index is 12.2. The average Bonchev–Trinajstić information content (AvgIpc) is 2.84. The van der Waals surface area contributed by atoms with Gasteiger partial charge in [0.15, 0.2) is 5.65 Å². The van der Waals surface area contributed by atoms with Gasteiger partial charge in [-0.25, -0.2) is 9.48 Å². The van der Waals surface area contributed by atoms with Crippen LogP contribution in [0.25, 0.3) is 5.65 Å². The van der Waals surface area contributed by atoms with E-state index in [9.17, 15) is 9.59 Å². The lowest BCUT2D eigenvalue weighted by atomic mass is 10.1. The maximum absolute atomic E-state index is 12.2. The highest BCUT2D eigenvalue weighted by atomic mass is 79.9. The minimum absolute atomic E-state index is 0.116. The van der Waals surface area contributed by atoms with Crippen molar-refractivity contribution in [1.82, 2.24) is 19.5 Å². The smallest absolute Gasteiger partial charge is 0.348 e. The van der Waals surface area contributed by atoms with Gasteiger partial charge in [0.1, 0.15) is 6.54 Å². The third kappa shape index (κ3) is 3.19. The lowest BCUT2D eigenvalue weighted by molar-refractivity contribution is -0.122. The summed E-state index contributed by atoms with van der Waals surface area (Å²) in [5.74, 6) is -0.265. The molecule has 1 N–H and O–H groups in total. The standard InChI is InChI=1S/C16H15BrN4O2/c1-11(12-6-2-3-7-13(12)17)18-15(22)10-21-16(23)20-9-5-4-8-14(20)19-21/h2-9,11H,10H2,1H3,(H,18,22). The summed E-state index contributed by atoms with van der Waals surface area (Å²) in [6.45, 7) is 1.78. The molecule has 0 fully saturated rings. The first-order chi connectivity index (χ1) is 11.1. The Bertz CT molecular complexity index is 916. The van der Waals surface area contributed by atoms with Crippen molar-refractivity contribution in [2.24, 2.45) is 0 Å². The molecule has 2 heterocycles. The maximum Gasteiger partial charge on any atom is 0.350 e. The Balaban J connectivity index is 1.75. The Labute approximate surface area is 140 Å². The zero-order valence-electron chi connectivity index (χ0n) is 12.4. The fourth-order valence-electron chi connectivity index (χ4n) is 2.40. The normalized spacial score (nSPS) is 12.3. The third-order valence-corrected chi connectivity index (χ3v) is 4.25. The van der Waals surface area contributed by atoms with E-state index in [4.69, 9.17) is 0 Å². The molecule has 6 nitrogen and oxygen atoms in total. The summed E-state index contributed by atoms with van der Waals surface area (Å²) in [7, 11) is 0. The lowest BCUT2D eigenvalue weighted by Gasteiger charge is -2.15. The summed E-state index contributed by atoms with van der Waals surface area (Å²) < 4.78 is 3.50. The number of aromatic nitrogens is 3. The number of carbonyl (C=O) groups is 1. The van der Waals surface area contributed by atoms with Crippen LogP contribution in [0.3, 0.4) is 0 Å². The van der Waals surface area contributed by atoms with Gasteiger partial charge in [-0.15, -0.1) is 5.10 Å². The summed E-state index contributed by atoms with van der Waals surface area (Å²) in [6.07, 6.45) is 1.63. The van der Waals surface area contributed by atoms with Gasteiger partial charge in [-0.2, -0.15) is 0 Å². The van der Waals surface area contributed by atoms with Crippen LogP contribution < -0.4 is 11.0 Å². The molecule has 1 amide bonds. The molecule has 23 heavy (non-hydrogen) atoms. The number of carbonyl (C=O) groups excluding carboxylic acids is 1. The van der Waals surface area contributed by atoms with E-state index in [0.29, 0.717) is 5.65 Å². The fourth-order valence-corrected chi connectivity index (χ4v) is 3.03. The van der Waals surface area contributed by atoms with Crippen molar-refractivity contribution in [2.75, 3.05) is 0 Å². The number of nitrogens with one attached hydrogen (secondary N) is 1. The molecule has 0 aliphatic carbocycles. The van der Waals surface area contributed by atoms with Crippen LogP contribution in [-0.4, -0.2) is 20.1 Å². The van der Waals surface area contributed by atoms with Gasteiger partial charge in [-0.1, -0.05) is 40.2 Å². The van der Waals surface area contributed by atoms with Gasteiger partial charge >= 0.3 is 5.69 Å². The minimum Gasteiger partial charge on any atom is -0.348 e. The van der Waals surface area contributed by atoms with Gasteiger partial charge in [-0.05, 0) is 30.7 Å². The van der Waals surface area contributed by atoms with Gasteiger partial charge in [0, 0.05) is 10.7 Å². The Morgan fingerprint density at radius 3 is 2.74 bits per heavy atom. The van der Waals surface area contributed by atoms with Crippen LogP contribution >= 0.6 is 15.9 Å². The molecule has 1 atom stereocenters. The highest BCUT2D eigenvalue weighted by Crippen LogP contribution is 2.22. The number of fused-ring (bicyclic) bond motifs is 1. The van der Waals surface area contributed by atoms with E-state index in [1.807, 2.05) is 31.2 Å². The predicted octanol–water partition coefficient (Wildman–Crippen LogP) is 2.14. The van der Waals surface area contributed by atoms with Gasteiger partial charge in [0.25, 0.3) is 0 Å². The number of halogens is 1. The molecule has 3 aromatic rings. The summed E-state index contributed by atoms with van der Waals surface area (Å²) >= 11 is 3.47. The monoisotopic (exact) mass is 374 g/mol. The quantitative estimate of drug-likeness (QED) is 0.760. The van der Waals surface area contributed by atoms with Crippen molar-refractivity contribution >= 4 is 27.5 Å². The number of amides is 1. The Hall–Kier alpha value is -2.41. The number of pyridine rings is 1. The molecule has 0 saturated carbocycles. The molecule has 0 aliphatic heterocycles. The van der Waals surface area contributed by atoms with Gasteiger partial charge in [0.2, 0.25) is 5.91 Å². The summed E-state index contributed by atoms with van der Waals surface area (Å²) in [5.41, 5.74) is 1.16. The second kappa shape index (κ2) is 6.37. The molecular formula is C16H15BrN4O2. The SMILES string of the molecule is CC(NC(=O)Cn1nc2ccccn2c1=O)c1ccccc1Br. The topological polar surface area (TPSA) is 68.4 Å². The zero-order valence-corrected chi connectivity index (χ0v) is 14.0. The molecule has 1 unspecified atom stereocenters. The molecule has 0 spiro atoms. The largest absolute Gasteiger partial charge is 0.350 e. The molecule has 0 saturated heterocycles. The van der Waals surface area contributed by atoms with Crippen LogP contribution in [0.4, 0.5) is 0 Å². The van der Waals surface area contributed by atoms with Crippen molar-refractivity contribution < 1.29 is 4.79 Å². The molecule has 0 bridgehead atoms. The molecule has 0 aliphatic rings. The second-order valence-electron chi connectivity index (χ2n) is 5.18. The fraction of sp³-hybridized carbons (Fsp3) is 0.188. The van der Waals surface area contributed by atoms with Gasteiger partial charge in [0.05, 0.1) is 6.04 Å². The van der Waals surface area contributed by atoms with E-state index in [2.05, 4.69) is 26.3 Å². The molecule has 1 aromatic carbocycles. The number of hydrogen-bond acceptors (Lipinski definition) is 3. The summed E-state index contributed by atoms with van der Waals surface area (Å²) in [5, 5.41) is 7.03. The van der Waals surface area contributed by atoms with Crippen LogP contribution in [0.15, 0.2) is 57.9 Å². The summed E-state index contributed by atoms with van der Waals surface area (Å²) in [6, 6.07) is 12.8. The van der Waals surface area contributed by atoms with Crippen molar-refractivity contribution in [3.8, 4) is 0 Å². The molecule has 118 valence electrons. The van der Waals surface area contributed by atoms with E-state index >= 15 is 0 Å². The highest BCUT2D eigenvalue weighted by molar-refractivity contribution is 9.10. The van der Waals surface area contributed by atoms with Gasteiger partial charge < -0.3 is 5.32 Å². The van der Waals surface area contributed by atoms with Gasteiger partial charge in [-0.3, -0.25) is 9.20 Å². The molecule has 7 heteroatoms. The molecular weight excluding hydrogens is 360 g/mol. The van der Waals surface area contributed by atoms with E-state index in [1.54, 1.807) is 24.4 Å². The Morgan fingerprint density at radius 1 is 1.26 bits per heavy atom. The molecule has 0 radical (unpaired) electrons. The van der Waals surface area contributed by atoms with Crippen LogP contribution in [-0.2, 0) is 11.3 Å². The van der Waals surface area contributed by atoms with E-state index in [1.165, 1.54) is 4.40 Å². The number of nitrogens with zero attached hydrogens (tertiary/aromatic N) is 3. The Morgan fingerprint density at radius 2 is 2.00 bits per heavy atom. The van der Waals surface area contributed by atoms with Crippen LogP contribution in [0.5, 0.6) is 0 Å². The second-order valence-corrected chi connectivity index (χ2v) is 6.03. The van der Waals surface area contributed by atoms with Crippen molar-refractivity contribution in [3.05, 3.63) is 69.2 Å². The minimum atomic E-state index is -0.329. The van der Waals surface area contributed by atoms with E-state index < -0.39 is 0 Å². The predicted molar refractivity (Wildman–Crippen MR) is 90.2 cm³/mol. The zero-order chi connectivity index (χ0) is 16.4. The first-order valence-electron chi connectivity index (χ1n) is 7.14. The average molecular weight is 375 g/mol. The van der Waals surface area contributed by atoms with Crippen molar-refractivity contribution in [2.45, 2.75) is 19.5 Å². The van der Waals surface area contributed by atoms with Crippen LogP contribution in [0.2, 0.25) is 0 Å².